The Morgan fingerprint density at radius 1 is 1.28 bits per heavy atom. The zero-order valence-electron chi connectivity index (χ0n) is 16.4. The molecule has 1 aliphatic heterocycles. The summed E-state index contributed by atoms with van der Waals surface area (Å²) in [5, 5.41) is 7.95. The van der Waals surface area contributed by atoms with E-state index in [9.17, 15) is 4.79 Å². The summed E-state index contributed by atoms with van der Waals surface area (Å²) in [4.78, 5) is 13.0. The molecule has 2 atom stereocenters. The molecule has 2 fully saturated rings. The lowest BCUT2D eigenvalue weighted by Gasteiger charge is -2.46. The summed E-state index contributed by atoms with van der Waals surface area (Å²) in [5.41, 5.74) is 1.80. The Morgan fingerprint density at radius 2 is 1.96 bits per heavy atom. The molecule has 3 rings (SSSR count). The van der Waals surface area contributed by atoms with Gasteiger partial charge in [0, 0.05) is 31.7 Å². The van der Waals surface area contributed by atoms with Crippen molar-refractivity contribution in [2.75, 3.05) is 13.2 Å². The van der Waals surface area contributed by atoms with Crippen molar-refractivity contribution in [3.8, 4) is 0 Å². The molecule has 0 bridgehead atoms. The van der Waals surface area contributed by atoms with Gasteiger partial charge in [0.05, 0.1) is 5.69 Å². The van der Waals surface area contributed by atoms with E-state index in [1.807, 2.05) is 13.1 Å². The summed E-state index contributed by atoms with van der Waals surface area (Å²) < 4.78 is 7.17. The Kier molecular flexibility index (Phi) is 4.97. The maximum atomic E-state index is 13.0. The van der Waals surface area contributed by atoms with Crippen LogP contribution < -0.4 is 5.32 Å². The second-order valence-corrected chi connectivity index (χ2v) is 9.33. The van der Waals surface area contributed by atoms with Crippen LogP contribution in [0.1, 0.15) is 81.9 Å². The molecule has 5 nitrogen and oxygen atoms in total. The summed E-state index contributed by atoms with van der Waals surface area (Å²) in [6.45, 7) is 10.7. The second-order valence-electron chi connectivity index (χ2n) is 9.33. The number of aromatic nitrogens is 2. The highest BCUT2D eigenvalue weighted by atomic mass is 16.5. The first-order valence-corrected chi connectivity index (χ1v) is 9.62. The predicted octanol–water partition coefficient (Wildman–Crippen LogP) is 3.65. The molecule has 0 unspecified atom stereocenters. The summed E-state index contributed by atoms with van der Waals surface area (Å²) in [6, 6.07) is 1.98. The molecule has 1 N–H and O–H groups in total. The number of carbonyl (C=O) groups excluding carboxylic acids is 1. The normalized spacial score (nSPS) is 30.2. The molecule has 140 valence electrons. The predicted molar refractivity (Wildman–Crippen MR) is 98.7 cm³/mol. The van der Waals surface area contributed by atoms with E-state index in [0.717, 1.165) is 44.6 Å². The molecule has 1 saturated heterocycles. The Hall–Kier alpha value is -1.36. The molecule has 1 aliphatic carbocycles. The molecule has 25 heavy (non-hydrogen) atoms. The molecule has 0 radical (unpaired) electrons. The van der Waals surface area contributed by atoms with E-state index in [0.29, 0.717) is 17.5 Å². The van der Waals surface area contributed by atoms with Crippen LogP contribution in [0.15, 0.2) is 6.07 Å². The average Bonchev–Trinajstić information content (AvgIpc) is 2.87. The first kappa shape index (κ1) is 18.4. The fourth-order valence-corrected chi connectivity index (χ4v) is 5.31. The number of hydrogen-bond acceptors (Lipinski definition) is 3. The van der Waals surface area contributed by atoms with Gasteiger partial charge < -0.3 is 10.1 Å². The maximum absolute atomic E-state index is 13.0. The van der Waals surface area contributed by atoms with E-state index < -0.39 is 0 Å². The van der Waals surface area contributed by atoms with Gasteiger partial charge in [-0.15, -0.1) is 0 Å². The first-order valence-electron chi connectivity index (χ1n) is 9.62. The van der Waals surface area contributed by atoms with E-state index in [1.54, 1.807) is 4.68 Å². The quantitative estimate of drug-likeness (QED) is 0.908. The van der Waals surface area contributed by atoms with Gasteiger partial charge in [-0.2, -0.15) is 5.10 Å². The lowest BCUT2D eigenvalue weighted by atomic mass is 9.65. The Morgan fingerprint density at radius 3 is 2.60 bits per heavy atom. The molecule has 2 aliphatic rings. The smallest absolute Gasteiger partial charge is 0.269 e. The molecule has 5 heteroatoms. The fourth-order valence-electron chi connectivity index (χ4n) is 5.31. The Balaban J connectivity index is 1.73. The third kappa shape index (κ3) is 4.25. The molecular formula is C20H33N3O2. The summed E-state index contributed by atoms with van der Waals surface area (Å²) in [7, 11) is 1.87. The lowest BCUT2D eigenvalue weighted by molar-refractivity contribution is 0.0691. The number of nitrogens with zero attached hydrogens (tertiary/aromatic N) is 2. The van der Waals surface area contributed by atoms with Gasteiger partial charge in [-0.05, 0) is 56.4 Å². The minimum atomic E-state index is -0.151. The molecule has 2 heterocycles. The SMILES string of the molecule is C[C@@H]1CC(C)(C)C[C@](C)(NC(=O)c2cc(C3CCOCC3)nn2C)C1. The van der Waals surface area contributed by atoms with E-state index in [4.69, 9.17) is 4.74 Å². The van der Waals surface area contributed by atoms with Gasteiger partial charge in [-0.25, -0.2) is 0 Å². The Bertz CT molecular complexity index is 631. The summed E-state index contributed by atoms with van der Waals surface area (Å²) in [5.74, 6) is 1.03. The van der Waals surface area contributed by atoms with Gasteiger partial charge >= 0.3 is 0 Å². The van der Waals surface area contributed by atoms with Gasteiger partial charge in [0.1, 0.15) is 5.69 Å². The van der Waals surface area contributed by atoms with Crippen molar-refractivity contribution in [1.82, 2.24) is 15.1 Å². The zero-order chi connectivity index (χ0) is 18.2. The van der Waals surface area contributed by atoms with Gasteiger partial charge in [-0.3, -0.25) is 9.48 Å². The fraction of sp³-hybridized carbons (Fsp3) is 0.800. The van der Waals surface area contributed by atoms with Gasteiger partial charge in [0.2, 0.25) is 0 Å². The zero-order valence-corrected chi connectivity index (χ0v) is 16.4. The van der Waals surface area contributed by atoms with Crippen molar-refractivity contribution >= 4 is 5.91 Å². The number of aryl methyl sites for hydroxylation is 1. The topological polar surface area (TPSA) is 56.1 Å². The first-order chi connectivity index (χ1) is 11.7. The van der Waals surface area contributed by atoms with Crippen molar-refractivity contribution in [2.24, 2.45) is 18.4 Å². The standard InChI is InChI=1S/C20H33N3O2/c1-14-11-19(2,3)13-20(4,12-14)21-18(24)17-10-16(22-23(17)5)15-6-8-25-9-7-15/h10,14-15H,6-9,11-13H2,1-5H3,(H,21,24)/t14-,20-/m1/s1. The molecule has 1 aromatic rings. The number of hydrogen-bond donors (Lipinski definition) is 1. The summed E-state index contributed by atoms with van der Waals surface area (Å²) >= 11 is 0. The van der Waals surface area contributed by atoms with Gasteiger partial charge in [-0.1, -0.05) is 20.8 Å². The monoisotopic (exact) mass is 347 g/mol. The number of rotatable bonds is 3. The minimum Gasteiger partial charge on any atom is -0.381 e. The number of amides is 1. The highest BCUT2D eigenvalue weighted by Gasteiger charge is 2.41. The molecule has 1 aromatic heterocycles. The van der Waals surface area contributed by atoms with Crippen LogP contribution >= 0.6 is 0 Å². The molecule has 1 saturated carbocycles. The second kappa shape index (κ2) is 6.75. The van der Waals surface area contributed by atoms with Crippen LogP contribution in [0.3, 0.4) is 0 Å². The number of nitrogens with one attached hydrogen (secondary N) is 1. The summed E-state index contributed by atoms with van der Waals surface area (Å²) in [6.07, 6.45) is 5.24. The average molecular weight is 348 g/mol. The van der Waals surface area contributed by atoms with Crippen LogP contribution in [-0.2, 0) is 11.8 Å². The van der Waals surface area contributed by atoms with Crippen molar-refractivity contribution in [1.29, 1.82) is 0 Å². The molecule has 0 aromatic carbocycles. The molecule has 1 amide bonds. The van der Waals surface area contributed by atoms with Crippen molar-refractivity contribution in [3.63, 3.8) is 0 Å². The molecule has 0 spiro atoms. The van der Waals surface area contributed by atoms with Gasteiger partial charge in [0.15, 0.2) is 0 Å². The van der Waals surface area contributed by atoms with Crippen LogP contribution in [-0.4, -0.2) is 34.4 Å². The van der Waals surface area contributed by atoms with Gasteiger partial charge in [0.25, 0.3) is 5.91 Å². The van der Waals surface area contributed by atoms with E-state index in [2.05, 4.69) is 38.1 Å². The highest BCUT2D eigenvalue weighted by Crippen LogP contribution is 2.43. The van der Waals surface area contributed by atoms with E-state index in [-0.39, 0.29) is 16.9 Å². The van der Waals surface area contributed by atoms with E-state index in [1.165, 1.54) is 6.42 Å². The minimum absolute atomic E-state index is 0.000657. The van der Waals surface area contributed by atoms with Crippen molar-refractivity contribution in [2.45, 2.75) is 71.3 Å². The largest absolute Gasteiger partial charge is 0.381 e. The van der Waals surface area contributed by atoms with Crippen LogP contribution in [0.25, 0.3) is 0 Å². The number of carbonyl (C=O) groups is 1. The van der Waals surface area contributed by atoms with Crippen LogP contribution in [0.5, 0.6) is 0 Å². The maximum Gasteiger partial charge on any atom is 0.269 e. The molecular weight excluding hydrogens is 314 g/mol. The van der Waals surface area contributed by atoms with Crippen molar-refractivity contribution < 1.29 is 9.53 Å². The third-order valence-corrected chi connectivity index (χ3v) is 5.75. The van der Waals surface area contributed by atoms with Crippen LogP contribution in [0, 0.1) is 11.3 Å². The van der Waals surface area contributed by atoms with E-state index >= 15 is 0 Å². The number of ether oxygens (including phenoxy) is 1. The highest BCUT2D eigenvalue weighted by molar-refractivity contribution is 5.93. The van der Waals surface area contributed by atoms with Crippen LogP contribution in [0.2, 0.25) is 0 Å². The van der Waals surface area contributed by atoms with Crippen molar-refractivity contribution in [3.05, 3.63) is 17.5 Å². The van der Waals surface area contributed by atoms with Crippen LogP contribution in [0.4, 0.5) is 0 Å². The lowest BCUT2D eigenvalue weighted by Crippen LogP contribution is -2.52. The Labute approximate surface area is 151 Å². The third-order valence-electron chi connectivity index (χ3n) is 5.75.